The molecule has 8 heteroatoms. The first-order valence-corrected chi connectivity index (χ1v) is 9.74. The van der Waals surface area contributed by atoms with Crippen LogP contribution >= 0.6 is 0 Å². The lowest BCUT2D eigenvalue weighted by Gasteiger charge is -2.35. The fourth-order valence-corrected chi connectivity index (χ4v) is 3.26. The monoisotopic (exact) mass is 411 g/mol. The highest BCUT2D eigenvalue weighted by Crippen LogP contribution is 2.34. The number of carbonyl (C=O) groups is 2. The van der Waals surface area contributed by atoms with Gasteiger partial charge in [0.2, 0.25) is 0 Å². The molecule has 1 aliphatic rings. The Morgan fingerprint density at radius 2 is 2.03 bits per heavy atom. The summed E-state index contributed by atoms with van der Waals surface area (Å²) in [5.41, 5.74) is -0.239. The van der Waals surface area contributed by atoms with Gasteiger partial charge in [-0.15, -0.1) is 0 Å². The quantitative estimate of drug-likeness (QED) is 0.425. The maximum Gasteiger partial charge on any atom is 0.410 e. The van der Waals surface area contributed by atoms with Gasteiger partial charge in [-0.1, -0.05) is 42.5 Å². The number of amides is 1. The second-order valence-electron chi connectivity index (χ2n) is 7.05. The topological polar surface area (TPSA) is 87.1 Å². The number of nitrogens with zero attached hydrogens (tertiary/aromatic N) is 1. The van der Waals surface area contributed by atoms with Crippen LogP contribution in [0.1, 0.15) is 44.1 Å². The molecule has 6 nitrogen and oxygen atoms in total. The molecule has 0 aromatic heterocycles. The van der Waals surface area contributed by atoms with Gasteiger partial charge < -0.3 is 19.8 Å². The van der Waals surface area contributed by atoms with Crippen molar-refractivity contribution >= 4 is 12.1 Å². The summed E-state index contributed by atoms with van der Waals surface area (Å²) >= 11 is 0. The minimum Gasteiger partial charge on any atom is -0.481 e. The second-order valence-corrected chi connectivity index (χ2v) is 7.05. The summed E-state index contributed by atoms with van der Waals surface area (Å²) in [6.45, 7) is 0.468. The SMILES string of the molecule is O=C(O)CCCC=CCN1C(=O)OCC[C@@H]1CC[C@@H](O)C(F)(F)c1ccccc1. The van der Waals surface area contributed by atoms with Crippen LogP contribution in [-0.4, -0.2) is 52.5 Å². The van der Waals surface area contributed by atoms with Crippen molar-refractivity contribution in [2.24, 2.45) is 0 Å². The summed E-state index contributed by atoms with van der Waals surface area (Å²) in [7, 11) is 0. The molecule has 1 heterocycles. The van der Waals surface area contributed by atoms with E-state index in [1.165, 1.54) is 29.2 Å². The zero-order chi connectivity index (χ0) is 21.3. The Morgan fingerprint density at radius 3 is 2.72 bits per heavy atom. The number of alkyl halides is 2. The molecule has 0 radical (unpaired) electrons. The lowest BCUT2D eigenvalue weighted by atomic mass is 9.96. The van der Waals surface area contributed by atoms with E-state index in [2.05, 4.69) is 0 Å². The van der Waals surface area contributed by atoms with Crippen molar-refractivity contribution < 1.29 is 33.3 Å². The van der Waals surface area contributed by atoms with E-state index in [9.17, 15) is 23.5 Å². The Hall–Kier alpha value is -2.48. The number of cyclic esters (lactones) is 1. The van der Waals surface area contributed by atoms with Gasteiger partial charge in [-0.3, -0.25) is 4.79 Å². The normalized spacial score (nSPS) is 18.7. The molecule has 1 amide bonds. The van der Waals surface area contributed by atoms with Crippen LogP contribution in [0.3, 0.4) is 0 Å². The van der Waals surface area contributed by atoms with E-state index in [4.69, 9.17) is 9.84 Å². The van der Waals surface area contributed by atoms with Crippen LogP contribution in [0.15, 0.2) is 42.5 Å². The Kier molecular flexibility index (Phi) is 8.57. The van der Waals surface area contributed by atoms with Gasteiger partial charge in [0.1, 0.15) is 6.10 Å². The van der Waals surface area contributed by atoms with Crippen LogP contribution in [0, 0.1) is 0 Å². The zero-order valence-electron chi connectivity index (χ0n) is 16.2. The fraction of sp³-hybridized carbons (Fsp3) is 0.524. The first kappa shape index (κ1) is 22.8. The van der Waals surface area contributed by atoms with Crippen LogP contribution in [0.5, 0.6) is 0 Å². The number of aliphatic carboxylic acids is 1. The highest BCUT2D eigenvalue weighted by molar-refractivity contribution is 5.69. The van der Waals surface area contributed by atoms with E-state index in [0.717, 1.165) is 0 Å². The van der Waals surface area contributed by atoms with Crippen LogP contribution < -0.4 is 0 Å². The standard InChI is InChI=1S/C21H27F2NO5/c22-21(23,16-8-4-3-5-9-16)18(25)12-11-17-13-15-29-20(28)24(17)14-7-2-1-6-10-19(26)27/h2-5,7-9,17-18,25H,1,6,10-15H2,(H,26,27)/t17-,18+/m0/s1. The minimum atomic E-state index is -3.37. The summed E-state index contributed by atoms with van der Waals surface area (Å²) in [4.78, 5) is 24.0. The molecule has 1 aliphatic heterocycles. The van der Waals surface area contributed by atoms with Crippen LogP contribution in [0.25, 0.3) is 0 Å². The number of unbranched alkanes of at least 4 members (excludes halogenated alkanes) is 1. The van der Waals surface area contributed by atoms with Gasteiger partial charge in [-0.05, 0) is 25.7 Å². The van der Waals surface area contributed by atoms with E-state index in [1.807, 2.05) is 0 Å². The predicted octanol–water partition coefficient (Wildman–Crippen LogP) is 3.94. The Morgan fingerprint density at radius 1 is 1.31 bits per heavy atom. The number of aliphatic hydroxyl groups excluding tert-OH is 1. The van der Waals surface area contributed by atoms with E-state index in [0.29, 0.717) is 19.3 Å². The van der Waals surface area contributed by atoms with Crippen molar-refractivity contribution in [3.05, 3.63) is 48.0 Å². The molecular formula is C21H27F2NO5. The number of allylic oxidation sites excluding steroid dienone is 1. The summed E-state index contributed by atoms with van der Waals surface area (Å²) in [5.74, 6) is -4.23. The van der Waals surface area contributed by atoms with Crippen LogP contribution in [-0.2, 0) is 15.5 Å². The number of hydrogen-bond donors (Lipinski definition) is 2. The third-order valence-corrected chi connectivity index (χ3v) is 4.93. The highest BCUT2D eigenvalue weighted by Gasteiger charge is 2.41. The average Bonchev–Trinajstić information content (AvgIpc) is 2.70. The Balaban J connectivity index is 1.89. The number of halogens is 2. The summed E-state index contributed by atoms with van der Waals surface area (Å²) < 4.78 is 33.9. The van der Waals surface area contributed by atoms with Gasteiger partial charge in [0.15, 0.2) is 0 Å². The molecule has 0 bridgehead atoms. The van der Waals surface area contributed by atoms with Crippen LogP contribution in [0.2, 0.25) is 0 Å². The van der Waals surface area contributed by atoms with Crippen LogP contribution in [0.4, 0.5) is 13.6 Å². The van der Waals surface area contributed by atoms with E-state index >= 15 is 0 Å². The molecule has 1 saturated heterocycles. The van der Waals surface area contributed by atoms with Crippen molar-refractivity contribution in [1.29, 1.82) is 0 Å². The average molecular weight is 411 g/mol. The van der Waals surface area contributed by atoms with E-state index in [1.54, 1.807) is 18.2 Å². The molecule has 0 spiro atoms. The molecule has 2 N–H and O–H groups in total. The van der Waals surface area contributed by atoms with Crippen molar-refractivity contribution in [2.45, 2.75) is 56.6 Å². The van der Waals surface area contributed by atoms with E-state index in [-0.39, 0.29) is 44.0 Å². The second kappa shape index (κ2) is 10.9. The maximum absolute atomic E-state index is 14.4. The number of carbonyl (C=O) groups excluding carboxylic acids is 1. The first-order chi connectivity index (χ1) is 13.8. The minimum absolute atomic E-state index is 0.0756. The largest absolute Gasteiger partial charge is 0.481 e. The lowest BCUT2D eigenvalue weighted by Crippen LogP contribution is -2.46. The molecule has 0 saturated carbocycles. The molecule has 2 rings (SSSR count). The Bertz CT molecular complexity index is 696. The molecule has 0 unspecified atom stereocenters. The third-order valence-electron chi connectivity index (χ3n) is 4.93. The summed E-state index contributed by atoms with van der Waals surface area (Å²) in [6, 6.07) is 6.88. The number of carboxylic acid groups (broad SMARTS) is 1. The van der Waals surface area contributed by atoms with Gasteiger partial charge in [0, 0.05) is 31.0 Å². The number of carboxylic acids is 1. The molecule has 1 aromatic carbocycles. The molecule has 1 fully saturated rings. The van der Waals surface area contributed by atoms with Crippen molar-refractivity contribution in [3.8, 4) is 0 Å². The molecule has 29 heavy (non-hydrogen) atoms. The number of rotatable bonds is 11. The smallest absolute Gasteiger partial charge is 0.410 e. The van der Waals surface area contributed by atoms with Gasteiger partial charge in [0.25, 0.3) is 5.92 Å². The van der Waals surface area contributed by atoms with Gasteiger partial charge >= 0.3 is 12.1 Å². The molecule has 0 aliphatic carbocycles. The van der Waals surface area contributed by atoms with Gasteiger partial charge in [-0.25, -0.2) is 4.79 Å². The highest BCUT2D eigenvalue weighted by atomic mass is 19.3. The molecule has 160 valence electrons. The predicted molar refractivity (Wildman–Crippen MR) is 103 cm³/mol. The van der Waals surface area contributed by atoms with Gasteiger partial charge in [0.05, 0.1) is 6.61 Å². The first-order valence-electron chi connectivity index (χ1n) is 9.74. The summed E-state index contributed by atoms with van der Waals surface area (Å²) in [6.07, 6.45) is 2.90. The number of hydrogen-bond acceptors (Lipinski definition) is 4. The molecular weight excluding hydrogens is 384 g/mol. The fourth-order valence-electron chi connectivity index (χ4n) is 3.26. The number of ether oxygens (including phenoxy) is 1. The number of benzene rings is 1. The lowest BCUT2D eigenvalue weighted by molar-refractivity contribution is -0.137. The van der Waals surface area contributed by atoms with E-state index < -0.39 is 24.1 Å². The Labute approximate surface area is 168 Å². The van der Waals surface area contributed by atoms with Crippen molar-refractivity contribution in [1.82, 2.24) is 4.90 Å². The maximum atomic E-state index is 14.4. The zero-order valence-corrected chi connectivity index (χ0v) is 16.2. The summed E-state index contributed by atoms with van der Waals surface area (Å²) in [5, 5.41) is 18.7. The van der Waals surface area contributed by atoms with Gasteiger partial charge in [-0.2, -0.15) is 8.78 Å². The number of aliphatic hydroxyl groups is 1. The van der Waals surface area contributed by atoms with Crippen molar-refractivity contribution in [3.63, 3.8) is 0 Å². The van der Waals surface area contributed by atoms with Crippen molar-refractivity contribution in [2.75, 3.05) is 13.2 Å². The molecule has 1 aromatic rings. The molecule has 2 atom stereocenters. The third kappa shape index (κ3) is 6.81.